The molecule has 0 radical (unpaired) electrons. The van der Waals surface area contributed by atoms with E-state index in [-0.39, 0.29) is 0 Å². The molecule has 0 amide bonds. The molecule has 4 rings (SSSR count). The molecule has 0 aliphatic carbocycles. The molecule has 4 aromatic rings. The van der Waals surface area contributed by atoms with Crippen LogP contribution in [0.15, 0.2) is 79.3 Å². The Kier molecular flexibility index (Phi) is 6.29. The number of hydrogen-bond donors (Lipinski definition) is 1. The average molecular weight is 404 g/mol. The van der Waals surface area contributed by atoms with Gasteiger partial charge in [0.25, 0.3) is 0 Å². The monoisotopic (exact) mass is 403 g/mol. The average Bonchev–Trinajstić information content (AvgIpc) is 2.75. The van der Waals surface area contributed by atoms with E-state index in [9.17, 15) is 0 Å². The molecule has 0 unspecified atom stereocenters. The fourth-order valence-corrected chi connectivity index (χ4v) is 3.45. The molecule has 0 aliphatic rings. The van der Waals surface area contributed by atoms with Gasteiger partial charge in [0.1, 0.15) is 0 Å². The topological polar surface area (TPSA) is 53.9 Å². The quantitative estimate of drug-likeness (QED) is 0.458. The summed E-state index contributed by atoms with van der Waals surface area (Å²) in [6.45, 7) is 3.18. The van der Waals surface area contributed by atoms with Crippen molar-refractivity contribution in [1.82, 2.24) is 19.9 Å². The largest absolute Gasteiger partial charge is 0.383 e. The number of aromatic nitrogens is 3. The van der Waals surface area contributed by atoms with Gasteiger partial charge in [-0.2, -0.15) is 0 Å². The Morgan fingerprint density at radius 3 is 2.17 bits per heavy atom. The Bertz CT molecular complexity index is 1020. The summed E-state index contributed by atoms with van der Waals surface area (Å²) < 4.78 is 0. The minimum Gasteiger partial charge on any atom is -0.383 e. The van der Waals surface area contributed by atoms with E-state index in [0.29, 0.717) is 5.02 Å². The van der Waals surface area contributed by atoms with Crippen LogP contribution in [0.4, 0.5) is 5.69 Å². The van der Waals surface area contributed by atoms with Gasteiger partial charge in [0.15, 0.2) is 0 Å². The molecule has 1 aromatic carbocycles. The van der Waals surface area contributed by atoms with Gasteiger partial charge < -0.3 is 5.32 Å². The Morgan fingerprint density at radius 2 is 1.52 bits per heavy atom. The van der Waals surface area contributed by atoms with Crippen molar-refractivity contribution in [3.8, 4) is 0 Å². The predicted octanol–water partition coefficient (Wildman–Crippen LogP) is 4.79. The lowest BCUT2D eigenvalue weighted by atomic mass is 10.2. The Labute approximate surface area is 175 Å². The van der Waals surface area contributed by atoms with Crippen molar-refractivity contribution in [2.45, 2.75) is 13.1 Å². The first-order valence-electron chi connectivity index (χ1n) is 9.58. The summed E-state index contributed by atoms with van der Waals surface area (Å²) in [4.78, 5) is 15.7. The molecule has 1 N–H and O–H groups in total. The number of anilines is 1. The Balaban J connectivity index is 1.45. The number of fused-ring (bicyclic) bond motifs is 1. The van der Waals surface area contributed by atoms with Crippen LogP contribution in [0.25, 0.3) is 10.9 Å². The smallest absolute Gasteiger partial charge is 0.0737 e. The fraction of sp³-hybridized carbons (Fsp3) is 0.174. The van der Waals surface area contributed by atoms with E-state index in [2.05, 4.69) is 37.3 Å². The third-order valence-electron chi connectivity index (χ3n) is 4.67. The summed E-state index contributed by atoms with van der Waals surface area (Å²) in [5.74, 6) is 0. The van der Waals surface area contributed by atoms with Gasteiger partial charge in [-0.25, -0.2) is 0 Å². The van der Waals surface area contributed by atoms with Crippen molar-refractivity contribution >= 4 is 28.2 Å². The van der Waals surface area contributed by atoms with E-state index in [1.165, 1.54) is 0 Å². The molecular formula is C23H22ClN5. The first-order valence-corrected chi connectivity index (χ1v) is 9.96. The highest BCUT2D eigenvalue weighted by Crippen LogP contribution is 2.24. The number of hydrogen-bond acceptors (Lipinski definition) is 5. The zero-order valence-electron chi connectivity index (χ0n) is 16.0. The maximum atomic E-state index is 6.09. The first-order chi connectivity index (χ1) is 14.3. The second-order valence-corrected chi connectivity index (χ2v) is 7.24. The molecule has 3 aromatic heterocycles. The summed E-state index contributed by atoms with van der Waals surface area (Å²) in [5, 5.41) is 5.30. The number of nitrogens with zero attached hydrogens (tertiary/aromatic N) is 4. The summed E-state index contributed by atoms with van der Waals surface area (Å²) in [7, 11) is 0. The van der Waals surface area contributed by atoms with E-state index in [4.69, 9.17) is 11.6 Å². The highest BCUT2D eigenvalue weighted by atomic mass is 35.5. The van der Waals surface area contributed by atoms with Gasteiger partial charge in [-0.3, -0.25) is 19.9 Å². The van der Waals surface area contributed by atoms with Crippen molar-refractivity contribution in [2.75, 3.05) is 18.4 Å². The number of rotatable bonds is 8. The Hall–Kier alpha value is -3.02. The first kappa shape index (κ1) is 19.3. The van der Waals surface area contributed by atoms with Crippen LogP contribution in [0.5, 0.6) is 0 Å². The molecule has 146 valence electrons. The van der Waals surface area contributed by atoms with Gasteiger partial charge in [-0.05, 0) is 48.5 Å². The third-order valence-corrected chi connectivity index (χ3v) is 4.91. The van der Waals surface area contributed by atoms with Crippen LogP contribution in [-0.4, -0.2) is 32.9 Å². The lowest BCUT2D eigenvalue weighted by Crippen LogP contribution is -2.29. The summed E-state index contributed by atoms with van der Waals surface area (Å²) in [5.41, 5.74) is 4.04. The van der Waals surface area contributed by atoms with Gasteiger partial charge in [-0.15, -0.1) is 0 Å². The number of halogens is 1. The summed E-state index contributed by atoms with van der Waals surface area (Å²) in [6, 6.07) is 19.8. The van der Waals surface area contributed by atoms with Crippen LogP contribution < -0.4 is 5.32 Å². The standard InChI is InChI=1S/C23H22ClN5/c24-18-7-8-21-22(9-12-27-23(21)15-18)28-13-14-29(16-19-5-1-3-10-25-19)17-20-6-2-4-11-26-20/h1-12,15H,13-14,16-17H2,(H,27,28). The highest BCUT2D eigenvalue weighted by Gasteiger charge is 2.09. The van der Waals surface area contributed by atoms with Crippen molar-refractivity contribution < 1.29 is 0 Å². The summed E-state index contributed by atoms with van der Waals surface area (Å²) >= 11 is 6.09. The lowest BCUT2D eigenvalue weighted by molar-refractivity contribution is 0.261. The van der Waals surface area contributed by atoms with Gasteiger partial charge >= 0.3 is 0 Å². The number of nitrogens with one attached hydrogen (secondary N) is 1. The highest BCUT2D eigenvalue weighted by molar-refractivity contribution is 6.31. The third kappa shape index (κ3) is 5.28. The van der Waals surface area contributed by atoms with Crippen LogP contribution in [0.1, 0.15) is 11.4 Å². The molecule has 3 heterocycles. The normalized spacial score (nSPS) is 11.1. The SMILES string of the molecule is Clc1ccc2c(NCCN(Cc3ccccn3)Cc3ccccn3)ccnc2c1. The van der Waals surface area contributed by atoms with E-state index >= 15 is 0 Å². The lowest BCUT2D eigenvalue weighted by Gasteiger charge is -2.22. The van der Waals surface area contributed by atoms with Crippen LogP contribution in [0, 0.1) is 0 Å². The second kappa shape index (κ2) is 9.45. The number of benzene rings is 1. The maximum Gasteiger partial charge on any atom is 0.0737 e. The predicted molar refractivity (Wildman–Crippen MR) is 118 cm³/mol. The molecule has 0 saturated heterocycles. The van der Waals surface area contributed by atoms with Crippen molar-refractivity contribution in [2.24, 2.45) is 0 Å². The van der Waals surface area contributed by atoms with Crippen LogP contribution in [0.3, 0.4) is 0 Å². The molecular weight excluding hydrogens is 382 g/mol. The molecule has 0 atom stereocenters. The van der Waals surface area contributed by atoms with E-state index in [0.717, 1.165) is 54.2 Å². The molecule has 5 nitrogen and oxygen atoms in total. The fourth-order valence-electron chi connectivity index (χ4n) is 3.28. The van der Waals surface area contributed by atoms with Crippen LogP contribution in [-0.2, 0) is 13.1 Å². The maximum absolute atomic E-state index is 6.09. The van der Waals surface area contributed by atoms with Crippen molar-refractivity contribution in [3.63, 3.8) is 0 Å². The second-order valence-electron chi connectivity index (χ2n) is 6.80. The molecule has 0 bridgehead atoms. The van der Waals surface area contributed by atoms with Gasteiger partial charge in [0.2, 0.25) is 0 Å². The molecule has 6 heteroatoms. The minimum atomic E-state index is 0.694. The van der Waals surface area contributed by atoms with Gasteiger partial charge in [0.05, 0.1) is 16.9 Å². The molecule has 0 saturated carbocycles. The summed E-state index contributed by atoms with van der Waals surface area (Å²) in [6.07, 6.45) is 5.47. The zero-order valence-corrected chi connectivity index (χ0v) is 16.8. The molecule has 0 fully saturated rings. The van der Waals surface area contributed by atoms with E-state index in [1.807, 2.05) is 60.9 Å². The zero-order chi connectivity index (χ0) is 19.9. The van der Waals surface area contributed by atoms with Gasteiger partial charge in [-0.1, -0.05) is 23.7 Å². The molecule has 0 spiro atoms. The van der Waals surface area contributed by atoms with E-state index < -0.39 is 0 Å². The Morgan fingerprint density at radius 1 is 0.793 bits per heavy atom. The molecule has 29 heavy (non-hydrogen) atoms. The van der Waals surface area contributed by atoms with Crippen molar-refractivity contribution in [1.29, 1.82) is 0 Å². The van der Waals surface area contributed by atoms with Crippen molar-refractivity contribution in [3.05, 3.63) is 95.7 Å². The van der Waals surface area contributed by atoms with Crippen LogP contribution in [0.2, 0.25) is 5.02 Å². The minimum absolute atomic E-state index is 0.694. The number of pyridine rings is 3. The van der Waals surface area contributed by atoms with Gasteiger partial charge in [0, 0.05) is 60.9 Å². The van der Waals surface area contributed by atoms with Crippen LogP contribution >= 0.6 is 11.6 Å². The molecule has 0 aliphatic heterocycles. The van der Waals surface area contributed by atoms with E-state index in [1.54, 1.807) is 6.20 Å².